The number of hydrogen-bond acceptors (Lipinski definition) is 3. The first kappa shape index (κ1) is 18.1. The normalized spacial score (nSPS) is 14.9. The SMILES string of the molecule is c1ccc2c(c1)Cc1cc3c(cc1-2)-c1cc2c4c(c1C3)Cc1cccnc1N4c1ncccc1C2. The van der Waals surface area contributed by atoms with Gasteiger partial charge in [-0.15, -0.1) is 0 Å². The molecule has 2 aliphatic carbocycles. The summed E-state index contributed by atoms with van der Waals surface area (Å²) in [4.78, 5) is 12.0. The summed E-state index contributed by atoms with van der Waals surface area (Å²) in [5.41, 5.74) is 18.3. The highest BCUT2D eigenvalue weighted by Crippen LogP contribution is 2.54. The van der Waals surface area contributed by atoms with E-state index < -0.39 is 0 Å². The van der Waals surface area contributed by atoms with Crippen molar-refractivity contribution < 1.29 is 0 Å². The Morgan fingerprint density at radius 3 is 2.00 bits per heavy atom. The van der Waals surface area contributed by atoms with Crippen molar-refractivity contribution in [2.24, 2.45) is 0 Å². The Balaban J connectivity index is 1.30. The standard InChI is InChI=1S/C32H21N3/c1-2-8-24-18(5-1)11-21-13-22-15-28-27(26(22)17-25(21)24)16-23-12-19-6-3-9-33-31(19)35-30(23)29(28)14-20-7-4-10-34-32(20)35/h1-10,13,16-17H,11-12,14-15H2. The molecule has 0 bridgehead atoms. The van der Waals surface area contributed by atoms with Gasteiger partial charge < -0.3 is 0 Å². The van der Waals surface area contributed by atoms with Crippen molar-refractivity contribution in [1.29, 1.82) is 0 Å². The molecule has 164 valence electrons. The van der Waals surface area contributed by atoms with E-state index in [1.807, 2.05) is 12.4 Å². The predicted molar refractivity (Wildman–Crippen MR) is 139 cm³/mol. The van der Waals surface area contributed by atoms with Crippen LogP contribution >= 0.6 is 0 Å². The van der Waals surface area contributed by atoms with Crippen LogP contribution in [0.25, 0.3) is 22.3 Å². The third-order valence-corrected chi connectivity index (χ3v) is 8.40. The van der Waals surface area contributed by atoms with Crippen LogP contribution in [0.1, 0.15) is 44.5 Å². The molecule has 0 amide bonds. The molecule has 0 saturated carbocycles. The van der Waals surface area contributed by atoms with E-state index in [4.69, 9.17) is 9.97 Å². The molecular weight excluding hydrogens is 426 g/mol. The first-order valence-electron chi connectivity index (χ1n) is 12.4. The fraction of sp³-hybridized carbons (Fsp3) is 0.125. The summed E-state index contributed by atoms with van der Waals surface area (Å²) in [6, 6.07) is 24.9. The summed E-state index contributed by atoms with van der Waals surface area (Å²) < 4.78 is 0. The second-order valence-electron chi connectivity index (χ2n) is 10.2. The van der Waals surface area contributed by atoms with E-state index in [1.165, 1.54) is 72.4 Å². The minimum Gasteiger partial charge on any atom is -0.278 e. The number of benzene rings is 3. The van der Waals surface area contributed by atoms with E-state index >= 15 is 0 Å². The number of pyridine rings is 2. The molecule has 0 spiro atoms. The van der Waals surface area contributed by atoms with E-state index in [0.29, 0.717) is 0 Å². The molecule has 9 rings (SSSR count). The molecular formula is C32H21N3. The fourth-order valence-electron chi connectivity index (χ4n) is 6.94. The van der Waals surface area contributed by atoms with Crippen molar-refractivity contribution in [3.8, 4) is 22.3 Å². The summed E-state index contributed by atoms with van der Waals surface area (Å²) in [6.07, 6.45) is 7.72. The molecule has 2 aromatic heterocycles. The summed E-state index contributed by atoms with van der Waals surface area (Å²) >= 11 is 0. The van der Waals surface area contributed by atoms with Crippen LogP contribution in [0.4, 0.5) is 17.3 Å². The van der Waals surface area contributed by atoms with Crippen LogP contribution < -0.4 is 4.90 Å². The Kier molecular flexibility index (Phi) is 3.24. The van der Waals surface area contributed by atoms with Crippen molar-refractivity contribution in [1.82, 2.24) is 9.97 Å². The zero-order chi connectivity index (χ0) is 22.7. The van der Waals surface area contributed by atoms with Crippen LogP contribution in [0.3, 0.4) is 0 Å². The van der Waals surface area contributed by atoms with Gasteiger partial charge in [-0.2, -0.15) is 0 Å². The molecule has 3 nitrogen and oxygen atoms in total. The molecule has 0 fully saturated rings. The lowest BCUT2D eigenvalue weighted by Gasteiger charge is -2.38. The average molecular weight is 448 g/mol. The Bertz CT molecular complexity index is 1750. The topological polar surface area (TPSA) is 29.0 Å². The number of nitrogens with zero attached hydrogens (tertiary/aromatic N) is 3. The molecule has 0 unspecified atom stereocenters. The van der Waals surface area contributed by atoms with Crippen LogP contribution in [-0.2, 0) is 25.7 Å². The van der Waals surface area contributed by atoms with Gasteiger partial charge in [0.25, 0.3) is 0 Å². The summed E-state index contributed by atoms with van der Waals surface area (Å²) in [7, 11) is 0. The lowest BCUT2D eigenvalue weighted by molar-refractivity contribution is 0.945. The minimum atomic E-state index is 0.917. The minimum absolute atomic E-state index is 0.917. The highest BCUT2D eigenvalue weighted by Gasteiger charge is 2.37. The highest BCUT2D eigenvalue weighted by atomic mass is 15.3. The molecule has 35 heavy (non-hydrogen) atoms. The molecule has 3 aromatic carbocycles. The highest BCUT2D eigenvalue weighted by molar-refractivity contribution is 5.93. The van der Waals surface area contributed by atoms with Gasteiger partial charge in [-0.05, 0) is 104 Å². The molecule has 0 saturated heterocycles. The molecule has 3 heteroatoms. The second kappa shape index (κ2) is 6.25. The zero-order valence-corrected chi connectivity index (χ0v) is 19.2. The molecule has 4 aliphatic rings. The number of rotatable bonds is 0. The Morgan fingerprint density at radius 1 is 0.486 bits per heavy atom. The summed E-state index contributed by atoms with van der Waals surface area (Å²) in [6.45, 7) is 0. The first-order chi connectivity index (χ1) is 17.3. The third-order valence-electron chi connectivity index (χ3n) is 8.40. The van der Waals surface area contributed by atoms with Crippen LogP contribution in [0.15, 0.2) is 79.1 Å². The van der Waals surface area contributed by atoms with Crippen molar-refractivity contribution in [2.75, 3.05) is 4.90 Å². The lowest BCUT2D eigenvalue weighted by atomic mass is 9.84. The molecule has 0 atom stereocenters. The Labute approximate surface area is 203 Å². The van der Waals surface area contributed by atoms with E-state index in [9.17, 15) is 0 Å². The van der Waals surface area contributed by atoms with Crippen molar-refractivity contribution in [2.45, 2.75) is 25.7 Å². The van der Waals surface area contributed by atoms with Gasteiger partial charge in [-0.3, -0.25) is 4.90 Å². The maximum atomic E-state index is 4.83. The van der Waals surface area contributed by atoms with Crippen molar-refractivity contribution >= 4 is 17.3 Å². The van der Waals surface area contributed by atoms with Crippen LogP contribution in [-0.4, -0.2) is 9.97 Å². The van der Waals surface area contributed by atoms with Gasteiger partial charge >= 0.3 is 0 Å². The summed E-state index contributed by atoms with van der Waals surface area (Å²) in [5, 5.41) is 0. The van der Waals surface area contributed by atoms with Crippen LogP contribution in [0, 0.1) is 0 Å². The van der Waals surface area contributed by atoms with Gasteiger partial charge in [0.05, 0.1) is 5.69 Å². The van der Waals surface area contributed by atoms with Gasteiger partial charge in [-0.25, -0.2) is 9.97 Å². The predicted octanol–water partition coefficient (Wildman–Crippen LogP) is 6.90. The molecule has 4 heterocycles. The van der Waals surface area contributed by atoms with Crippen LogP contribution in [0.2, 0.25) is 0 Å². The smallest absolute Gasteiger partial charge is 0.142 e. The molecule has 5 aromatic rings. The average Bonchev–Trinajstić information content (AvgIpc) is 3.44. The largest absolute Gasteiger partial charge is 0.278 e. The lowest BCUT2D eigenvalue weighted by Crippen LogP contribution is -2.27. The number of anilines is 3. The zero-order valence-electron chi connectivity index (χ0n) is 19.2. The molecule has 2 aliphatic heterocycles. The third kappa shape index (κ3) is 2.26. The quantitative estimate of drug-likeness (QED) is 0.253. The Hall–Kier alpha value is -4.24. The molecule has 0 radical (unpaired) electrons. The maximum absolute atomic E-state index is 4.83. The maximum Gasteiger partial charge on any atom is 0.142 e. The number of aromatic nitrogens is 2. The second-order valence-corrected chi connectivity index (χ2v) is 10.2. The van der Waals surface area contributed by atoms with E-state index in [1.54, 1.807) is 0 Å². The number of hydrogen-bond donors (Lipinski definition) is 0. The van der Waals surface area contributed by atoms with Gasteiger partial charge in [0.1, 0.15) is 11.6 Å². The van der Waals surface area contributed by atoms with E-state index in [-0.39, 0.29) is 0 Å². The monoisotopic (exact) mass is 447 g/mol. The number of fused-ring (bicyclic) bond motifs is 11. The van der Waals surface area contributed by atoms with E-state index in [0.717, 1.165) is 37.3 Å². The van der Waals surface area contributed by atoms with Crippen LogP contribution in [0.5, 0.6) is 0 Å². The fourth-order valence-corrected chi connectivity index (χ4v) is 6.94. The van der Waals surface area contributed by atoms with Gasteiger partial charge in [0, 0.05) is 25.2 Å². The van der Waals surface area contributed by atoms with Gasteiger partial charge in [0.15, 0.2) is 0 Å². The first-order valence-corrected chi connectivity index (χ1v) is 12.4. The summed E-state index contributed by atoms with van der Waals surface area (Å²) in [5.74, 6) is 2.07. The van der Waals surface area contributed by atoms with Gasteiger partial charge in [0.2, 0.25) is 0 Å². The van der Waals surface area contributed by atoms with Gasteiger partial charge in [-0.1, -0.05) is 42.5 Å². The van der Waals surface area contributed by atoms with Crippen molar-refractivity contribution in [3.05, 3.63) is 124 Å². The van der Waals surface area contributed by atoms with Crippen molar-refractivity contribution in [3.63, 3.8) is 0 Å². The molecule has 0 N–H and O–H groups in total. The Morgan fingerprint density at radius 2 is 1.14 bits per heavy atom. The van der Waals surface area contributed by atoms with E-state index in [2.05, 4.69) is 71.6 Å².